The number of amides is 3. The number of hydrogen-bond donors (Lipinski definition) is 1. The molecular formula is C27H26BrN7O3. The monoisotopic (exact) mass is 575 g/mol. The highest BCUT2D eigenvalue weighted by Crippen LogP contribution is 2.46. The van der Waals surface area contributed by atoms with Crippen molar-refractivity contribution in [1.29, 1.82) is 5.26 Å². The molecule has 2 fully saturated rings. The molecule has 0 radical (unpaired) electrons. The summed E-state index contributed by atoms with van der Waals surface area (Å²) in [4.78, 5) is 48.0. The molecule has 0 saturated carbocycles. The first-order valence-corrected chi connectivity index (χ1v) is 13.3. The minimum atomic E-state index is -0.206. The Morgan fingerprint density at radius 2 is 2.03 bits per heavy atom. The van der Waals surface area contributed by atoms with Crippen LogP contribution in [0.5, 0.6) is 0 Å². The average Bonchev–Trinajstić information content (AvgIpc) is 3.16. The molecule has 1 unspecified atom stereocenters. The predicted molar refractivity (Wildman–Crippen MR) is 143 cm³/mol. The molecule has 2 saturated heterocycles. The first kappa shape index (κ1) is 24.4. The smallest absolute Gasteiger partial charge is 0.257 e. The molecule has 10 nitrogen and oxygen atoms in total. The summed E-state index contributed by atoms with van der Waals surface area (Å²) in [5.74, 6) is 0.599. The van der Waals surface area contributed by atoms with Crippen molar-refractivity contribution in [3.05, 3.63) is 57.3 Å². The number of pyridine rings is 1. The quantitative estimate of drug-likeness (QED) is 0.467. The number of halogens is 1. The third kappa shape index (κ3) is 3.74. The van der Waals surface area contributed by atoms with Crippen LogP contribution in [-0.2, 0) is 16.1 Å². The number of anilines is 1. The van der Waals surface area contributed by atoms with E-state index >= 15 is 0 Å². The number of fused-ring (bicyclic) bond motifs is 2. The maximum absolute atomic E-state index is 14.0. The first-order valence-electron chi connectivity index (χ1n) is 12.5. The Balaban J connectivity index is 1.37. The summed E-state index contributed by atoms with van der Waals surface area (Å²) in [5, 5.41) is 13.0. The lowest BCUT2D eigenvalue weighted by Crippen LogP contribution is -2.59. The van der Waals surface area contributed by atoms with Crippen LogP contribution >= 0.6 is 15.9 Å². The molecule has 1 aromatic carbocycles. The second kappa shape index (κ2) is 9.13. The Hall–Kier alpha value is -3.91. The van der Waals surface area contributed by atoms with Crippen molar-refractivity contribution in [2.24, 2.45) is 0 Å². The molecule has 2 atom stereocenters. The van der Waals surface area contributed by atoms with Crippen LogP contribution in [0.1, 0.15) is 40.1 Å². The fourth-order valence-corrected chi connectivity index (χ4v) is 6.67. The minimum Gasteiger partial charge on any atom is -0.352 e. The van der Waals surface area contributed by atoms with Gasteiger partial charge in [-0.15, -0.1) is 0 Å². The summed E-state index contributed by atoms with van der Waals surface area (Å²) >= 11 is 3.76. The predicted octanol–water partition coefficient (Wildman–Crippen LogP) is 2.34. The summed E-state index contributed by atoms with van der Waals surface area (Å²) in [5.41, 5.74) is 3.80. The van der Waals surface area contributed by atoms with Gasteiger partial charge in [0, 0.05) is 65.1 Å². The number of carbonyl (C=O) groups excluding carboxylic acids is 3. The van der Waals surface area contributed by atoms with E-state index in [9.17, 15) is 14.4 Å². The number of carbonyl (C=O) groups is 3. The Kier molecular flexibility index (Phi) is 5.87. The summed E-state index contributed by atoms with van der Waals surface area (Å²) in [7, 11) is 0. The van der Waals surface area contributed by atoms with E-state index in [1.165, 1.54) is 0 Å². The van der Waals surface area contributed by atoms with Crippen molar-refractivity contribution in [2.45, 2.75) is 38.5 Å². The molecule has 1 N–H and O–H groups in total. The summed E-state index contributed by atoms with van der Waals surface area (Å²) in [6, 6.07) is 9.32. The van der Waals surface area contributed by atoms with E-state index in [0.29, 0.717) is 37.3 Å². The van der Waals surface area contributed by atoms with E-state index in [0.717, 1.165) is 38.9 Å². The summed E-state index contributed by atoms with van der Waals surface area (Å²) < 4.78 is 2.84. The number of aromatic nitrogens is 2. The van der Waals surface area contributed by atoms with Crippen LogP contribution in [0, 0.1) is 18.3 Å². The Labute approximate surface area is 227 Å². The third-order valence-electron chi connectivity index (χ3n) is 7.87. The lowest BCUT2D eigenvalue weighted by molar-refractivity contribution is -0.128. The fourth-order valence-electron chi connectivity index (χ4n) is 6.08. The van der Waals surface area contributed by atoms with Crippen LogP contribution in [0.25, 0.3) is 10.9 Å². The fraction of sp³-hybridized carbons (Fsp3) is 0.370. The molecule has 11 heteroatoms. The standard InChI is InChI=1S/C27H26BrN7O3/c1-15-9-33(22-6-3-17(7-29)8-30-22)12-21-25-19(28)4-5-20-26(25)24(27(38)35(15)21)16(2)34(20)13-23(37)31-18-10-32(11-18)14-36/h3-6,8,14-15,18,21H,9-13H2,1-2H3,(H,31,37)/t15?,21-/m0/s1. The van der Waals surface area contributed by atoms with Gasteiger partial charge in [-0.25, -0.2) is 4.98 Å². The molecular weight excluding hydrogens is 550 g/mol. The summed E-state index contributed by atoms with van der Waals surface area (Å²) in [6.07, 6.45) is 2.36. The molecule has 194 valence electrons. The van der Waals surface area contributed by atoms with E-state index < -0.39 is 0 Å². The van der Waals surface area contributed by atoms with Crippen molar-refractivity contribution in [2.75, 3.05) is 31.1 Å². The van der Waals surface area contributed by atoms with Crippen LogP contribution in [0.15, 0.2) is 34.9 Å². The number of rotatable bonds is 5. The zero-order valence-electron chi connectivity index (χ0n) is 21.0. The van der Waals surface area contributed by atoms with Gasteiger partial charge in [-0.2, -0.15) is 5.26 Å². The van der Waals surface area contributed by atoms with E-state index in [2.05, 4.69) is 37.2 Å². The van der Waals surface area contributed by atoms with Crippen molar-refractivity contribution in [3.63, 3.8) is 0 Å². The van der Waals surface area contributed by atoms with Crippen molar-refractivity contribution < 1.29 is 14.4 Å². The Bertz CT molecular complexity index is 1520. The van der Waals surface area contributed by atoms with Gasteiger partial charge in [0.25, 0.3) is 5.91 Å². The van der Waals surface area contributed by atoms with Gasteiger partial charge in [-0.1, -0.05) is 15.9 Å². The van der Waals surface area contributed by atoms with Crippen molar-refractivity contribution >= 4 is 50.9 Å². The number of nitriles is 1. The second-order valence-corrected chi connectivity index (χ2v) is 11.1. The van der Waals surface area contributed by atoms with E-state index in [1.54, 1.807) is 17.2 Å². The number of likely N-dealkylation sites (tertiary alicyclic amines) is 1. The van der Waals surface area contributed by atoms with Gasteiger partial charge < -0.3 is 24.6 Å². The highest BCUT2D eigenvalue weighted by atomic mass is 79.9. The van der Waals surface area contributed by atoms with Gasteiger partial charge in [0.05, 0.1) is 23.2 Å². The SMILES string of the molecule is Cc1c2c3c(c(Br)ccc3n1CC(=O)NC1CN(C=O)C1)[C@@H]1CN(c3ccc(C#N)cn3)CC(C)N1C2=O. The van der Waals surface area contributed by atoms with Gasteiger partial charge in [0.1, 0.15) is 18.4 Å². The van der Waals surface area contributed by atoms with E-state index in [-0.39, 0.29) is 36.5 Å². The van der Waals surface area contributed by atoms with Gasteiger partial charge in [0.15, 0.2) is 0 Å². The largest absolute Gasteiger partial charge is 0.352 e. The van der Waals surface area contributed by atoms with Gasteiger partial charge in [-0.05, 0) is 38.1 Å². The van der Waals surface area contributed by atoms with E-state index in [1.807, 2.05) is 41.5 Å². The van der Waals surface area contributed by atoms with Crippen LogP contribution < -0.4 is 10.2 Å². The molecule has 5 heterocycles. The minimum absolute atomic E-state index is 0.0252. The number of nitrogens with one attached hydrogen (secondary N) is 1. The Morgan fingerprint density at radius 3 is 2.71 bits per heavy atom. The molecule has 3 amide bonds. The molecule has 2 aromatic heterocycles. The molecule has 3 aliphatic heterocycles. The lowest BCUT2D eigenvalue weighted by atomic mass is 9.89. The number of nitrogens with zero attached hydrogens (tertiary/aromatic N) is 6. The molecule has 0 bridgehead atoms. The molecule has 3 aromatic rings. The zero-order chi connectivity index (χ0) is 26.7. The average molecular weight is 576 g/mol. The van der Waals surface area contributed by atoms with Gasteiger partial charge in [0.2, 0.25) is 12.3 Å². The molecule has 3 aliphatic rings. The first-order chi connectivity index (χ1) is 18.3. The number of hydrogen-bond acceptors (Lipinski definition) is 6. The molecule has 0 spiro atoms. The van der Waals surface area contributed by atoms with Crippen LogP contribution in [0.4, 0.5) is 5.82 Å². The normalized spacial score (nSPS) is 20.7. The van der Waals surface area contributed by atoms with Crippen LogP contribution in [0.2, 0.25) is 0 Å². The highest BCUT2D eigenvalue weighted by molar-refractivity contribution is 9.10. The second-order valence-electron chi connectivity index (χ2n) is 10.2. The maximum Gasteiger partial charge on any atom is 0.257 e. The maximum atomic E-state index is 14.0. The van der Waals surface area contributed by atoms with Crippen LogP contribution in [-0.4, -0.2) is 75.8 Å². The molecule has 0 aliphatic carbocycles. The summed E-state index contributed by atoms with van der Waals surface area (Å²) in [6.45, 7) is 6.24. The highest BCUT2D eigenvalue weighted by Gasteiger charge is 2.44. The lowest BCUT2D eigenvalue weighted by Gasteiger charge is -2.48. The van der Waals surface area contributed by atoms with Crippen LogP contribution in [0.3, 0.4) is 0 Å². The van der Waals surface area contributed by atoms with Crippen molar-refractivity contribution in [1.82, 2.24) is 24.7 Å². The van der Waals surface area contributed by atoms with Gasteiger partial charge >= 0.3 is 0 Å². The number of benzene rings is 1. The Morgan fingerprint density at radius 1 is 1.24 bits per heavy atom. The molecule has 6 rings (SSSR count). The topological polar surface area (TPSA) is 115 Å². The number of piperazine rings is 1. The van der Waals surface area contributed by atoms with Crippen molar-refractivity contribution in [3.8, 4) is 6.07 Å². The van der Waals surface area contributed by atoms with E-state index in [4.69, 9.17) is 5.26 Å². The molecule has 38 heavy (non-hydrogen) atoms. The zero-order valence-corrected chi connectivity index (χ0v) is 22.6. The third-order valence-corrected chi connectivity index (χ3v) is 8.57. The van der Waals surface area contributed by atoms with Gasteiger partial charge in [-0.3, -0.25) is 14.4 Å².